The summed E-state index contributed by atoms with van der Waals surface area (Å²) in [7, 11) is 1.62. The first-order valence-electron chi connectivity index (χ1n) is 10.1. The molecule has 1 aliphatic rings. The summed E-state index contributed by atoms with van der Waals surface area (Å²) in [5.41, 5.74) is 2.59. The minimum absolute atomic E-state index is 0.00776. The molecule has 0 bridgehead atoms. The summed E-state index contributed by atoms with van der Waals surface area (Å²) >= 11 is 0. The van der Waals surface area contributed by atoms with Gasteiger partial charge < -0.3 is 14.8 Å². The van der Waals surface area contributed by atoms with E-state index >= 15 is 0 Å². The highest BCUT2D eigenvalue weighted by molar-refractivity contribution is 5.77. The second-order valence-electron chi connectivity index (χ2n) is 7.12. The Morgan fingerprint density at radius 2 is 1.68 bits per heavy atom. The van der Waals surface area contributed by atoms with Crippen LogP contribution in [0.5, 0.6) is 11.5 Å². The molecule has 0 aromatic heterocycles. The molecule has 28 heavy (non-hydrogen) atoms. The number of nitrogens with one attached hydrogen (secondary N) is 1. The lowest BCUT2D eigenvalue weighted by atomic mass is 10.0. The number of benzene rings is 2. The summed E-state index contributed by atoms with van der Waals surface area (Å²) in [6.07, 6.45) is 3.48. The summed E-state index contributed by atoms with van der Waals surface area (Å²) in [5, 5.41) is 3.05. The second kappa shape index (κ2) is 10.1. The summed E-state index contributed by atoms with van der Waals surface area (Å²) in [6, 6.07) is 16.2. The molecule has 2 aromatic rings. The number of ether oxygens (including phenoxy) is 2. The lowest BCUT2D eigenvalue weighted by Crippen LogP contribution is -2.38. The van der Waals surface area contributed by atoms with Gasteiger partial charge >= 0.3 is 0 Å². The second-order valence-corrected chi connectivity index (χ2v) is 7.12. The Bertz CT molecular complexity index is 737. The van der Waals surface area contributed by atoms with Gasteiger partial charge in [-0.15, -0.1) is 0 Å². The van der Waals surface area contributed by atoms with Crippen LogP contribution in [0.15, 0.2) is 48.5 Å². The van der Waals surface area contributed by atoms with Crippen molar-refractivity contribution in [1.29, 1.82) is 0 Å². The van der Waals surface area contributed by atoms with Crippen LogP contribution in [-0.2, 0) is 11.2 Å². The molecule has 1 N–H and O–H groups in total. The normalized spacial score (nSPS) is 15.2. The largest absolute Gasteiger partial charge is 0.497 e. The van der Waals surface area contributed by atoms with Crippen molar-refractivity contribution >= 4 is 5.91 Å². The predicted molar refractivity (Wildman–Crippen MR) is 111 cm³/mol. The van der Waals surface area contributed by atoms with E-state index in [2.05, 4.69) is 41.4 Å². The van der Waals surface area contributed by atoms with Crippen LogP contribution in [-0.4, -0.2) is 44.2 Å². The third-order valence-electron chi connectivity index (χ3n) is 5.28. The monoisotopic (exact) mass is 382 g/mol. The molecule has 3 rings (SSSR count). The molecule has 2 aromatic carbocycles. The molecular formula is C23H30N2O3. The van der Waals surface area contributed by atoms with Crippen LogP contribution < -0.4 is 14.8 Å². The number of amides is 1. The third-order valence-corrected chi connectivity index (χ3v) is 5.28. The molecule has 5 nitrogen and oxygen atoms in total. The fourth-order valence-electron chi connectivity index (χ4n) is 3.57. The molecule has 1 amide bonds. The molecule has 1 fully saturated rings. The number of methoxy groups -OCH3 is 1. The predicted octanol–water partition coefficient (Wildman–Crippen LogP) is 3.59. The fraction of sp³-hybridized carbons (Fsp3) is 0.435. The van der Waals surface area contributed by atoms with Crippen LogP contribution in [0.2, 0.25) is 0 Å². The van der Waals surface area contributed by atoms with E-state index in [-0.39, 0.29) is 18.6 Å². The number of likely N-dealkylation sites (tertiary alicyclic amines) is 1. The van der Waals surface area contributed by atoms with Crippen molar-refractivity contribution < 1.29 is 14.3 Å². The number of nitrogens with zero attached hydrogens (tertiary/aromatic N) is 1. The van der Waals surface area contributed by atoms with Gasteiger partial charge in [-0.3, -0.25) is 9.69 Å². The van der Waals surface area contributed by atoms with Gasteiger partial charge in [0.2, 0.25) is 0 Å². The smallest absolute Gasteiger partial charge is 0.258 e. The van der Waals surface area contributed by atoms with Crippen molar-refractivity contribution in [2.75, 3.05) is 33.4 Å². The fourth-order valence-corrected chi connectivity index (χ4v) is 3.57. The standard InChI is InChI=1S/C23H30N2O3/c1-3-18-6-8-19(9-7-18)22(25-14-4-5-15-25)16-24-23(26)17-28-21-12-10-20(27-2)11-13-21/h6-13,22H,3-5,14-17H2,1-2H3,(H,24,26). The van der Waals surface area contributed by atoms with Gasteiger partial charge in [-0.25, -0.2) is 0 Å². The van der Waals surface area contributed by atoms with Crippen LogP contribution in [0.1, 0.15) is 36.9 Å². The van der Waals surface area contributed by atoms with E-state index in [9.17, 15) is 4.79 Å². The highest BCUT2D eigenvalue weighted by Crippen LogP contribution is 2.25. The Morgan fingerprint density at radius 3 is 2.29 bits per heavy atom. The zero-order chi connectivity index (χ0) is 19.8. The van der Waals surface area contributed by atoms with E-state index in [1.807, 2.05) is 12.1 Å². The molecular weight excluding hydrogens is 352 g/mol. The van der Waals surface area contributed by atoms with Crippen LogP contribution in [0.4, 0.5) is 0 Å². The highest BCUT2D eigenvalue weighted by Gasteiger charge is 2.24. The number of carbonyl (C=O) groups is 1. The van der Waals surface area contributed by atoms with E-state index in [1.165, 1.54) is 24.0 Å². The maximum absolute atomic E-state index is 12.3. The molecule has 150 valence electrons. The van der Waals surface area contributed by atoms with Crippen molar-refractivity contribution in [3.8, 4) is 11.5 Å². The number of hydrogen-bond donors (Lipinski definition) is 1. The van der Waals surface area contributed by atoms with Crippen molar-refractivity contribution in [2.24, 2.45) is 0 Å². The molecule has 0 radical (unpaired) electrons. The molecule has 1 heterocycles. The lowest BCUT2D eigenvalue weighted by molar-refractivity contribution is -0.123. The molecule has 5 heteroatoms. The highest BCUT2D eigenvalue weighted by atomic mass is 16.5. The molecule has 0 spiro atoms. The summed E-state index contributed by atoms with van der Waals surface area (Å²) in [5.74, 6) is 1.31. The van der Waals surface area contributed by atoms with Gasteiger partial charge in [-0.2, -0.15) is 0 Å². The first-order chi connectivity index (χ1) is 13.7. The molecule has 1 unspecified atom stereocenters. The first-order valence-corrected chi connectivity index (χ1v) is 10.1. The minimum Gasteiger partial charge on any atom is -0.497 e. The molecule has 0 saturated carbocycles. The number of carbonyl (C=O) groups excluding carboxylic acids is 1. The van der Waals surface area contributed by atoms with Gasteiger partial charge in [0, 0.05) is 6.54 Å². The zero-order valence-corrected chi connectivity index (χ0v) is 16.8. The Kier molecular flexibility index (Phi) is 7.31. The van der Waals surface area contributed by atoms with E-state index in [4.69, 9.17) is 9.47 Å². The van der Waals surface area contributed by atoms with E-state index in [1.54, 1.807) is 19.2 Å². The lowest BCUT2D eigenvalue weighted by Gasteiger charge is -2.28. The number of hydrogen-bond acceptors (Lipinski definition) is 4. The van der Waals surface area contributed by atoms with Gasteiger partial charge in [-0.05, 0) is 67.7 Å². The first kappa shape index (κ1) is 20.2. The Hall–Kier alpha value is -2.53. The van der Waals surface area contributed by atoms with E-state index < -0.39 is 0 Å². The Labute approximate surface area is 167 Å². The van der Waals surface area contributed by atoms with Gasteiger partial charge in [0.25, 0.3) is 5.91 Å². The average Bonchev–Trinajstić information content (AvgIpc) is 3.28. The van der Waals surface area contributed by atoms with Gasteiger partial charge in [0.1, 0.15) is 11.5 Å². The SMILES string of the molecule is CCc1ccc(C(CNC(=O)COc2ccc(OC)cc2)N2CCCC2)cc1. The average molecular weight is 383 g/mol. The Balaban J connectivity index is 1.55. The van der Waals surface area contributed by atoms with E-state index in [0.29, 0.717) is 12.3 Å². The van der Waals surface area contributed by atoms with Gasteiger partial charge in [0.05, 0.1) is 13.2 Å². The summed E-state index contributed by atoms with van der Waals surface area (Å²) in [4.78, 5) is 14.8. The Morgan fingerprint density at radius 1 is 1.04 bits per heavy atom. The van der Waals surface area contributed by atoms with E-state index in [0.717, 1.165) is 25.3 Å². The summed E-state index contributed by atoms with van der Waals surface area (Å²) < 4.78 is 10.7. The van der Waals surface area contributed by atoms with Crippen LogP contribution in [0, 0.1) is 0 Å². The van der Waals surface area contributed by atoms with Crippen molar-refractivity contribution in [3.05, 3.63) is 59.7 Å². The van der Waals surface area contributed by atoms with Crippen LogP contribution in [0.3, 0.4) is 0 Å². The minimum atomic E-state index is -0.106. The van der Waals surface area contributed by atoms with Gasteiger partial charge in [0.15, 0.2) is 6.61 Å². The topological polar surface area (TPSA) is 50.8 Å². The maximum Gasteiger partial charge on any atom is 0.258 e. The molecule has 0 aliphatic carbocycles. The summed E-state index contributed by atoms with van der Waals surface area (Å²) in [6.45, 7) is 4.93. The molecule has 1 aliphatic heterocycles. The van der Waals surface area contributed by atoms with Crippen LogP contribution >= 0.6 is 0 Å². The van der Waals surface area contributed by atoms with Crippen molar-refractivity contribution in [1.82, 2.24) is 10.2 Å². The van der Waals surface area contributed by atoms with Crippen molar-refractivity contribution in [3.63, 3.8) is 0 Å². The van der Waals surface area contributed by atoms with Gasteiger partial charge in [-0.1, -0.05) is 31.2 Å². The molecule has 1 atom stereocenters. The zero-order valence-electron chi connectivity index (χ0n) is 16.8. The number of aryl methyl sites for hydroxylation is 1. The maximum atomic E-state index is 12.3. The quantitative estimate of drug-likeness (QED) is 0.720. The van der Waals surface area contributed by atoms with Crippen LogP contribution in [0.25, 0.3) is 0 Å². The molecule has 1 saturated heterocycles. The number of rotatable bonds is 9. The van der Waals surface area contributed by atoms with Crippen molar-refractivity contribution in [2.45, 2.75) is 32.2 Å². The third kappa shape index (κ3) is 5.49.